The molecule has 2 rings (SSSR count). The first-order valence-corrected chi connectivity index (χ1v) is 2.93. The second-order valence-electron chi connectivity index (χ2n) is 1.99. The fraction of sp³-hybridized carbons (Fsp3) is 0. The molecule has 0 spiro atoms. The highest BCUT2D eigenvalue weighted by Crippen LogP contribution is 2.28. The molecule has 1 heterocycles. The van der Waals surface area contributed by atoms with Gasteiger partial charge < -0.3 is 4.74 Å². The lowest BCUT2D eigenvalue weighted by molar-refractivity contribution is 0.556. The van der Waals surface area contributed by atoms with Crippen molar-refractivity contribution in [1.82, 2.24) is 5.32 Å². The second kappa shape index (κ2) is 1.73. The van der Waals surface area contributed by atoms with Crippen LogP contribution in [0.25, 0.3) is 0 Å². The van der Waals surface area contributed by atoms with E-state index in [1.165, 1.54) is 0 Å². The van der Waals surface area contributed by atoms with E-state index in [-0.39, 0.29) is 6.02 Å². The molecule has 49 valence electrons. The maximum atomic E-state index is 7.05. The number of rotatable bonds is 0. The molecule has 1 aromatic carbocycles. The highest BCUT2D eigenvalue weighted by atomic mass is 16.5. The van der Waals surface area contributed by atoms with Crippen molar-refractivity contribution in [2.45, 2.75) is 0 Å². The summed E-state index contributed by atoms with van der Waals surface area (Å²) in [5.74, 6) is 0.674. The second-order valence-corrected chi connectivity index (χ2v) is 1.99. The van der Waals surface area contributed by atoms with E-state index in [0.717, 1.165) is 5.69 Å². The fourth-order valence-electron chi connectivity index (χ4n) is 0.872. The van der Waals surface area contributed by atoms with Crippen molar-refractivity contribution in [3.63, 3.8) is 0 Å². The summed E-state index contributed by atoms with van der Waals surface area (Å²) in [6.45, 7) is 0. The first kappa shape index (κ1) is 5.29. The Balaban J connectivity index is 2.51. The number of hydrogen-bond acceptors (Lipinski definition) is 2. The first-order valence-electron chi connectivity index (χ1n) is 2.93. The molecule has 0 aliphatic carbocycles. The SMILES string of the molecule is N=C1[N]c2ccccc2O1. The number of para-hydroxylation sites is 2. The Morgan fingerprint density at radius 3 is 2.90 bits per heavy atom. The highest BCUT2D eigenvalue weighted by molar-refractivity contribution is 5.85. The van der Waals surface area contributed by atoms with Crippen LogP contribution >= 0.6 is 0 Å². The summed E-state index contributed by atoms with van der Waals surface area (Å²) in [6, 6.07) is 7.30. The lowest BCUT2D eigenvalue weighted by Crippen LogP contribution is -2.06. The summed E-state index contributed by atoms with van der Waals surface area (Å²) in [4.78, 5) is 0. The smallest absolute Gasteiger partial charge is 0.315 e. The molecule has 3 nitrogen and oxygen atoms in total. The third-order valence-electron chi connectivity index (χ3n) is 1.29. The van der Waals surface area contributed by atoms with Crippen molar-refractivity contribution in [1.29, 1.82) is 5.41 Å². The predicted molar refractivity (Wildman–Crippen MR) is 36.6 cm³/mol. The average Bonchev–Trinajstić information content (AvgIpc) is 2.27. The van der Waals surface area contributed by atoms with Crippen molar-refractivity contribution in [3.8, 4) is 5.75 Å². The van der Waals surface area contributed by atoms with Gasteiger partial charge in [-0.2, -0.15) is 5.32 Å². The number of nitrogens with one attached hydrogen (secondary N) is 1. The maximum Gasteiger partial charge on any atom is 0.315 e. The lowest BCUT2D eigenvalue weighted by Gasteiger charge is -1.89. The van der Waals surface area contributed by atoms with Crippen LogP contribution in [0.1, 0.15) is 0 Å². The summed E-state index contributed by atoms with van der Waals surface area (Å²) in [5, 5.41) is 10.9. The van der Waals surface area contributed by atoms with Gasteiger partial charge in [-0.3, -0.25) is 0 Å². The van der Waals surface area contributed by atoms with E-state index in [0.29, 0.717) is 5.75 Å². The van der Waals surface area contributed by atoms with Crippen molar-refractivity contribution in [2.24, 2.45) is 0 Å². The van der Waals surface area contributed by atoms with E-state index in [2.05, 4.69) is 5.32 Å². The van der Waals surface area contributed by atoms with Gasteiger partial charge in [-0.25, -0.2) is 5.41 Å². The highest BCUT2D eigenvalue weighted by Gasteiger charge is 2.16. The predicted octanol–water partition coefficient (Wildman–Crippen LogP) is 1.25. The zero-order valence-electron chi connectivity index (χ0n) is 5.16. The first-order chi connectivity index (χ1) is 4.86. The molecule has 0 unspecified atom stereocenters. The molecule has 0 fully saturated rings. The van der Waals surface area contributed by atoms with Crippen LogP contribution in [-0.4, -0.2) is 6.02 Å². The van der Waals surface area contributed by atoms with E-state index >= 15 is 0 Å². The molecule has 0 bridgehead atoms. The fourth-order valence-corrected chi connectivity index (χ4v) is 0.872. The number of ether oxygens (including phenoxy) is 1. The van der Waals surface area contributed by atoms with E-state index in [9.17, 15) is 0 Å². The molecule has 1 aliphatic rings. The minimum Gasteiger partial charge on any atom is -0.422 e. The van der Waals surface area contributed by atoms with Gasteiger partial charge in [-0.15, -0.1) is 0 Å². The quantitative estimate of drug-likeness (QED) is 0.568. The van der Waals surface area contributed by atoms with Gasteiger partial charge in [0, 0.05) is 0 Å². The maximum absolute atomic E-state index is 7.05. The topological polar surface area (TPSA) is 47.2 Å². The van der Waals surface area contributed by atoms with E-state index in [1.807, 2.05) is 18.2 Å². The van der Waals surface area contributed by atoms with Gasteiger partial charge in [-0.1, -0.05) is 12.1 Å². The van der Waals surface area contributed by atoms with E-state index in [1.54, 1.807) is 6.07 Å². The third kappa shape index (κ3) is 0.639. The molecule has 3 heteroatoms. The summed E-state index contributed by atoms with van der Waals surface area (Å²) in [5.41, 5.74) is 0.743. The number of benzene rings is 1. The van der Waals surface area contributed by atoms with E-state index in [4.69, 9.17) is 10.1 Å². The van der Waals surface area contributed by atoms with Gasteiger partial charge >= 0.3 is 6.02 Å². The Bertz CT molecular complexity index is 256. The Labute approximate surface area is 58.1 Å². The molecular formula is C7H5N2O. The molecule has 1 aromatic rings. The minimum absolute atomic E-state index is 0.0267. The normalized spacial score (nSPS) is 13.8. The minimum atomic E-state index is -0.0267. The van der Waals surface area contributed by atoms with Crippen LogP contribution in [0, 0.1) is 5.41 Å². The molecule has 0 amide bonds. The van der Waals surface area contributed by atoms with Crippen molar-refractivity contribution >= 4 is 11.7 Å². The average molecular weight is 133 g/mol. The van der Waals surface area contributed by atoms with Crippen LogP contribution in [0.4, 0.5) is 5.69 Å². The number of nitrogens with zero attached hydrogens (tertiary/aromatic N) is 1. The van der Waals surface area contributed by atoms with Crippen LogP contribution in [0.2, 0.25) is 0 Å². The number of hydrogen-bond donors (Lipinski definition) is 1. The van der Waals surface area contributed by atoms with Crippen LogP contribution in [0.15, 0.2) is 24.3 Å². The monoisotopic (exact) mass is 133 g/mol. The molecular weight excluding hydrogens is 128 g/mol. The molecule has 0 atom stereocenters. The zero-order chi connectivity index (χ0) is 6.97. The zero-order valence-corrected chi connectivity index (χ0v) is 5.16. The standard InChI is InChI=1S/C7H5N2O/c8-7-9-5-3-1-2-4-6(5)10-7/h1-4,8H. The van der Waals surface area contributed by atoms with E-state index < -0.39 is 0 Å². The van der Waals surface area contributed by atoms with Crippen LogP contribution in [0.3, 0.4) is 0 Å². The largest absolute Gasteiger partial charge is 0.422 e. The summed E-state index contributed by atoms with van der Waals surface area (Å²) < 4.78 is 4.92. The van der Waals surface area contributed by atoms with Crippen LogP contribution in [0.5, 0.6) is 5.75 Å². The third-order valence-corrected chi connectivity index (χ3v) is 1.29. The summed E-state index contributed by atoms with van der Waals surface area (Å²) in [6.07, 6.45) is 0. The van der Waals surface area contributed by atoms with Gasteiger partial charge in [0.15, 0.2) is 5.75 Å². The molecule has 1 N–H and O–H groups in total. The van der Waals surface area contributed by atoms with Gasteiger partial charge in [0.05, 0.1) is 0 Å². The lowest BCUT2D eigenvalue weighted by atomic mass is 10.3. The Hall–Kier alpha value is -1.51. The number of fused-ring (bicyclic) bond motifs is 1. The molecule has 0 saturated carbocycles. The van der Waals surface area contributed by atoms with Gasteiger partial charge in [0.25, 0.3) is 0 Å². The molecule has 0 saturated heterocycles. The summed E-state index contributed by atoms with van der Waals surface area (Å²) in [7, 11) is 0. The Morgan fingerprint density at radius 2 is 2.10 bits per heavy atom. The molecule has 1 radical (unpaired) electrons. The van der Waals surface area contributed by atoms with Crippen molar-refractivity contribution in [2.75, 3.05) is 0 Å². The van der Waals surface area contributed by atoms with Gasteiger partial charge in [0.1, 0.15) is 5.69 Å². The Morgan fingerprint density at radius 1 is 1.30 bits per heavy atom. The van der Waals surface area contributed by atoms with Crippen molar-refractivity contribution in [3.05, 3.63) is 24.3 Å². The van der Waals surface area contributed by atoms with Crippen LogP contribution < -0.4 is 10.1 Å². The molecule has 1 aliphatic heterocycles. The molecule has 0 aromatic heterocycles. The Kier molecular flexibility index (Phi) is 0.917. The van der Waals surface area contributed by atoms with Crippen molar-refractivity contribution < 1.29 is 4.74 Å². The van der Waals surface area contributed by atoms with Gasteiger partial charge in [0.2, 0.25) is 0 Å². The summed E-state index contributed by atoms with van der Waals surface area (Å²) >= 11 is 0. The number of amidine groups is 1. The van der Waals surface area contributed by atoms with Crippen LogP contribution in [-0.2, 0) is 0 Å². The van der Waals surface area contributed by atoms with Gasteiger partial charge in [-0.05, 0) is 12.1 Å². The molecule has 10 heavy (non-hydrogen) atoms.